The number of aromatic nitrogens is 3. The highest BCUT2D eigenvalue weighted by atomic mass is 32.2. The van der Waals surface area contributed by atoms with Crippen molar-refractivity contribution in [2.45, 2.75) is 18.2 Å². The van der Waals surface area contributed by atoms with Crippen molar-refractivity contribution >= 4 is 40.2 Å². The van der Waals surface area contributed by atoms with Gasteiger partial charge >= 0.3 is 0 Å². The number of carbonyl (C=O) groups excluding carboxylic acids is 1. The van der Waals surface area contributed by atoms with E-state index in [1.54, 1.807) is 7.11 Å². The lowest BCUT2D eigenvalue weighted by Gasteiger charge is -2.20. The topological polar surface area (TPSA) is 102 Å². The van der Waals surface area contributed by atoms with Crippen LogP contribution in [0.25, 0.3) is 11.0 Å². The van der Waals surface area contributed by atoms with Gasteiger partial charge in [0.25, 0.3) is 5.91 Å². The number of nitrogens with one attached hydrogen (secondary N) is 2. The summed E-state index contributed by atoms with van der Waals surface area (Å²) in [7, 11) is 1.63. The Morgan fingerprint density at radius 1 is 1.27 bits per heavy atom. The van der Waals surface area contributed by atoms with Crippen molar-refractivity contribution in [3.05, 3.63) is 42.2 Å². The molecule has 9 nitrogen and oxygen atoms in total. The SMILES string of the molecule is COc1ccc2nccc(N3CC[C@@H](SCCNCc4ccc5c(n4)NC(=O)CO5)C3)c2n1. The minimum atomic E-state index is -0.170. The molecule has 0 unspecified atom stereocenters. The van der Waals surface area contributed by atoms with E-state index in [4.69, 9.17) is 9.47 Å². The van der Waals surface area contributed by atoms with Crippen LogP contribution in [-0.2, 0) is 11.3 Å². The van der Waals surface area contributed by atoms with Crippen molar-refractivity contribution in [3.8, 4) is 11.6 Å². The molecule has 1 amide bonds. The zero-order chi connectivity index (χ0) is 22.6. The van der Waals surface area contributed by atoms with Crippen molar-refractivity contribution < 1.29 is 14.3 Å². The molecule has 2 N–H and O–H groups in total. The van der Waals surface area contributed by atoms with Crippen molar-refractivity contribution in [3.63, 3.8) is 0 Å². The summed E-state index contributed by atoms with van der Waals surface area (Å²) in [6.45, 7) is 3.59. The summed E-state index contributed by atoms with van der Waals surface area (Å²) in [4.78, 5) is 27.4. The first-order chi connectivity index (χ1) is 16.2. The van der Waals surface area contributed by atoms with Gasteiger partial charge in [-0.15, -0.1) is 0 Å². The second kappa shape index (κ2) is 9.80. The third kappa shape index (κ3) is 4.96. The van der Waals surface area contributed by atoms with E-state index in [9.17, 15) is 4.79 Å². The van der Waals surface area contributed by atoms with Gasteiger partial charge in [-0.3, -0.25) is 9.78 Å². The van der Waals surface area contributed by atoms with Crippen molar-refractivity contribution in [2.75, 3.05) is 49.3 Å². The first-order valence-electron chi connectivity index (χ1n) is 11.0. The normalized spacial score (nSPS) is 17.5. The molecule has 2 aliphatic rings. The molecular formula is C23H26N6O3S. The number of hydrogen-bond donors (Lipinski definition) is 2. The van der Waals surface area contributed by atoms with Crippen LogP contribution in [0.3, 0.4) is 0 Å². The van der Waals surface area contributed by atoms with Crippen LogP contribution in [0.2, 0.25) is 0 Å². The van der Waals surface area contributed by atoms with Crippen LogP contribution >= 0.6 is 11.8 Å². The van der Waals surface area contributed by atoms with Crippen molar-refractivity contribution in [1.82, 2.24) is 20.3 Å². The lowest BCUT2D eigenvalue weighted by Crippen LogP contribution is -2.27. The smallest absolute Gasteiger partial charge is 0.263 e. The molecule has 0 radical (unpaired) electrons. The Hall–Kier alpha value is -3.11. The number of carbonyl (C=O) groups is 1. The Morgan fingerprint density at radius 3 is 3.12 bits per heavy atom. The van der Waals surface area contributed by atoms with Gasteiger partial charge in [-0.25, -0.2) is 9.97 Å². The maximum atomic E-state index is 11.5. The van der Waals surface area contributed by atoms with Gasteiger partial charge in [-0.2, -0.15) is 11.8 Å². The molecule has 172 valence electrons. The molecule has 1 atom stereocenters. The lowest BCUT2D eigenvalue weighted by molar-refractivity contribution is -0.118. The fourth-order valence-electron chi connectivity index (χ4n) is 4.06. The number of anilines is 2. The molecule has 0 aromatic carbocycles. The summed E-state index contributed by atoms with van der Waals surface area (Å²) >= 11 is 1.99. The Bertz CT molecular complexity index is 1160. The largest absolute Gasteiger partial charge is 0.481 e. The van der Waals surface area contributed by atoms with E-state index in [2.05, 4.69) is 30.5 Å². The summed E-state index contributed by atoms with van der Waals surface area (Å²) in [6.07, 6.45) is 2.99. The standard InChI is InChI=1S/C23H26N6O3S/c1-31-21-5-3-17-22(28-21)18(6-8-25-17)29-10-7-16(13-29)33-11-9-24-12-15-2-4-19-23(26-15)27-20(30)14-32-19/h2-6,8,16,24H,7,9-14H2,1H3,(H,26,27,30)/t16-/m1/s1. The van der Waals surface area contributed by atoms with Gasteiger partial charge in [0.15, 0.2) is 18.2 Å². The summed E-state index contributed by atoms with van der Waals surface area (Å²) in [5, 5.41) is 6.77. The van der Waals surface area contributed by atoms with Crippen molar-refractivity contribution in [2.24, 2.45) is 0 Å². The summed E-state index contributed by atoms with van der Waals surface area (Å²) in [5.74, 6) is 2.58. The molecule has 0 bridgehead atoms. The zero-order valence-corrected chi connectivity index (χ0v) is 19.2. The van der Waals surface area contributed by atoms with Gasteiger partial charge in [-0.1, -0.05) is 0 Å². The first kappa shape index (κ1) is 21.7. The Morgan fingerprint density at radius 2 is 2.21 bits per heavy atom. The maximum Gasteiger partial charge on any atom is 0.263 e. The number of amides is 1. The molecule has 0 aliphatic carbocycles. The predicted molar refractivity (Wildman–Crippen MR) is 129 cm³/mol. The number of pyridine rings is 3. The number of nitrogens with zero attached hydrogens (tertiary/aromatic N) is 4. The van der Waals surface area contributed by atoms with E-state index in [0.717, 1.165) is 54.2 Å². The van der Waals surface area contributed by atoms with E-state index in [0.29, 0.717) is 29.2 Å². The molecule has 3 aromatic heterocycles. The van der Waals surface area contributed by atoms with Gasteiger partial charge in [0.05, 0.1) is 24.0 Å². The predicted octanol–water partition coefficient (Wildman–Crippen LogP) is 2.47. The Labute approximate surface area is 196 Å². The van der Waals surface area contributed by atoms with E-state index in [1.807, 2.05) is 48.3 Å². The molecule has 5 heterocycles. The highest BCUT2D eigenvalue weighted by Crippen LogP contribution is 2.31. The fraction of sp³-hybridized carbons (Fsp3) is 0.391. The third-order valence-electron chi connectivity index (χ3n) is 5.70. The molecule has 1 saturated heterocycles. The Balaban J connectivity index is 1.10. The molecule has 3 aromatic rings. The fourth-order valence-corrected chi connectivity index (χ4v) is 5.22. The average molecular weight is 467 g/mol. The quantitative estimate of drug-likeness (QED) is 0.485. The number of rotatable bonds is 8. The van der Waals surface area contributed by atoms with Gasteiger partial charge in [0, 0.05) is 49.4 Å². The van der Waals surface area contributed by atoms with Crippen LogP contribution in [0.15, 0.2) is 36.5 Å². The van der Waals surface area contributed by atoms with E-state index >= 15 is 0 Å². The minimum Gasteiger partial charge on any atom is -0.481 e. The molecular weight excluding hydrogens is 440 g/mol. The van der Waals surface area contributed by atoms with Crippen LogP contribution in [0.5, 0.6) is 11.6 Å². The number of hydrogen-bond acceptors (Lipinski definition) is 9. The highest BCUT2D eigenvalue weighted by molar-refractivity contribution is 7.99. The van der Waals surface area contributed by atoms with Gasteiger partial charge in [-0.05, 0) is 30.7 Å². The molecule has 33 heavy (non-hydrogen) atoms. The van der Waals surface area contributed by atoms with Gasteiger partial charge < -0.3 is 25.0 Å². The first-order valence-corrected chi connectivity index (χ1v) is 12.0. The summed E-state index contributed by atoms with van der Waals surface area (Å²) in [6, 6.07) is 9.62. The molecule has 1 fully saturated rings. The van der Waals surface area contributed by atoms with Crippen molar-refractivity contribution in [1.29, 1.82) is 0 Å². The number of methoxy groups -OCH3 is 1. The van der Waals surface area contributed by atoms with Gasteiger partial charge in [0.2, 0.25) is 5.88 Å². The Kier molecular flexibility index (Phi) is 6.45. The second-order valence-corrected chi connectivity index (χ2v) is 9.35. The molecule has 2 aliphatic heterocycles. The molecule has 0 spiro atoms. The highest BCUT2D eigenvalue weighted by Gasteiger charge is 2.25. The monoisotopic (exact) mass is 466 g/mol. The number of ether oxygens (including phenoxy) is 2. The second-order valence-electron chi connectivity index (χ2n) is 7.94. The molecule has 5 rings (SSSR count). The van der Waals surface area contributed by atoms with Crippen LogP contribution < -0.4 is 25.0 Å². The number of thioether (sulfide) groups is 1. The lowest BCUT2D eigenvalue weighted by atomic mass is 10.2. The average Bonchev–Trinajstić information content (AvgIpc) is 3.31. The molecule has 10 heteroatoms. The minimum absolute atomic E-state index is 0.0458. The summed E-state index contributed by atoms with van der Waals surface area (Å²) in [5.41, 5.74) is 3.78. The summed E-state index contributed by atoms with van der Waals surface area (Å²) < 4.78 is 10.7. The van der Waals surface area contributed by atoms with E-state index in [-0.39, 0.29) is 12.5 Å². The molecule has 0 saturated carbocycles. The number of fused-ring (bicyclic) bond motifs is 2. The van der Waals surface area contributed by atoms with E-state index in [1.165, 1.54) is 0 Å². The van der Waals surface area contributed by atoms with Crippen LogP contribution in [0.1, 0.15) is 12.1 Å². The van der Waals surface area contributed by atoms with Crippen LogP contribution in [0.4, 0.5) is 11.5 Å². The van der Waals surface area contributed by atoms with Crippen LogP contribution in [-0.4, -0.2) is 65.2 Å². The zero-order valence-electron chi connectivity index (χ0n) is 18.4. The van der Waals surface area contributed by atoms with Gasteiger partial charge in [0.1, 0.15) is 5.52 Å². The van der Waals surface area contributed by atoms with Crippen LogP contribution in [0, 0.1) is 0 Å². The third-order valence-corrected chi connectivity index (χ3v) is 7.00. The maximum absolute atomic E-state index is 11.5. The van der Waals surface area contributed by atoms with E-state index < -0.39 is 0 Å².